The summed E-state index contributed by atoms with van der Waals surface area (Å²) in [5.41, 5.74) is 1.59. The molecule has 146 valence electrons. The van der Waals surface area contributed by atoms with Crippen molar-refractivity contribution in [3.05, 3.63) is 35.9 Å². The van der Waals surface area contributed by atoms with Crippen LogP contribution in [0.1, 0.15) is 38.2 Å². The Morgan fingerprint density at radius 1 is 1.23 bits per heavy atom. The van der Waals surface area contributed by atoms with Gasteiger partial charge in [0, 0.05) is 39.1 Å². The molecule has 0 amide bonds. The van der Waals surface area contributed by atoms with E-state index in [1.165, 1.54) is 29.1 Å². The van der Waals surface area contributed by atoms with Crippen molar-refractivity contribution in [3.63, 3.8) is 0 Å². The largest absolute Gasteiger partial charge is 0.356 e. The molecule has 0 atom stereocenters. The molecule has 1 saturated carbocycles. The number of nitrogens with zero attached hydrogens (tertiary/aromatic N) is 2. The SMILES string of the molecule is CCS(=O)(=O)N(C)CCCNC(=NC)NCC1(c2ccccc2)CCC1. The molecule has 0 saturated heterocycles. The van der Waals surface area contributed by atoms with E-state index in [9.17, 15) is 8.42 Å². The molecule has 26 heavy (non-hydrogen) atoms. The summed E-state index contributed by atoms with van der Waals surface area (Å²) >= 11 is 0. The van der Waals surface area contributed by atoms with Crippen LogP contribution in [0, 0.1) is 0 Å². The van der Waals surface area contributed by atoms with Crippen molar-refractivity contribution < 1.29 is 8.42 Å². The first kappa shape index (κ1) is 20.7. The molecule has 1 aliphatic carbocycles. The fraction of sp³-hybridized carbons (Fsp3) is 0.632. The van der Waals surface area contributed by atoms with Crippen molar-refractivity contribution in [2.24, 2.45) is 4.99 Å². The lowest BCUT2D eigenvalue weighted by Gasteiger charge is -2.43. The molecule has 0 aliphatic heterocycles. The van der Waals surface area contributed by atoms with Gasteiger partial charge in [0.2, 0.25) is 10.0 Å². The van der Waals surface area contributed by atoms with Crippen LogP contribution in [0.4, 0.5) is 0 Å². The standard InChI is InChI=1S/C19H32N4O2S/c1-4-26(24,25)23(3)15-9-14-21-18(20-2)22-16-19(12-8-13-19)17-10-6-5-7-11-17/h5-7,10-11H,4,8-9,12-16H2,1-3H3,(H2,20,21,22). The highest BCUT2D eigenvalue weighted by atomic mass is 32.2. The van der Waals surface area contributed by atoms with Crippen LogP contribution < -0.4 is 10.6 Å². The maximum absolute atomic E-state index is 11.7. The van der Waals surface area contributed by atoms with Gasteiger partial charge in [-0.15, -0.1) is 0 Å². The Morgan fingerprint density at radius 3 is 2.46 bits per heavy atom. The van der Waals surface area contributed by atoms with Crippen molar-refractivity contribution >= 4 is 16.0 Å². The molecule has 0 bridgehead atoms. The van der Waals surface area contributed by atoms with E-state index in [0.29, 0.717) is 13.1 Å². The molecule has 7 heteroatoms. The Labute approximate surface area is 158 Å². The summed E-state index contributed by atoms with van der Waals surface area (Å²) in [6, 6.07) is 10.7. The van der Waals surface area contributed by atoms with Crippen molar-refractivity contribution in [1.29, 1.82) is 0 Å². The molecule has 1 fully saturated rings. The van der Waals surface area contributed by atoms with Crippen molar-refractivity contribution in [1.82, 2.24) is 14.9 Å². The number of rotatable bonds is 9. The Hall–Kier alpha value is -1.60. The minimum absolute atomic E-state index is 0.141. The number of sulfonamides is 1. The highest BCUT2D eigenvalue weighted by Gasteiger charge is 2.38. The van der Waals surface area contributed by atoms with E-state index < -0.39 is 10.0 Å². The zero-order valence-corrected chi connectivity index (χ0v) is 17.0. The van der Waals surface area contributed by atoms with Crippen LogP contribution in [-0.4, -0.2) is 58.2 Å². The highest BCUT2D eigenvalue weighted by molar-refractivity contribution is 7.89. The first-order valence-electron chi connectivity index (χ1n) is 9.37. The van der Waals surface area contributed by atoms with E-state index in [1.54, 1.807) is 21.0 Å². The van der Waals surface area contributed by atoms with Gasteiger partial charge in [-0.2, -0.15) is 0 Å². The molecule has 0 unspecified atom stereocenters. The summed E-state index contributed by atoms with van der Waals surface area (Å²) < 4.78 is 24.9. The van der Waals surface area contributed by atoms with Crippen LogP contribution in [0.15, 0.2) is 35.3 Å². The van der Waals surface area contributed by atoms with Gasteiger partial charge in [0.1, 0.15) is 0 Å². The number of aliphatic imine (C=N–C) groups is 1. The van der Waals surface area contributed by atoms with Gasteiger partial charge in [0.25, 0.3) is 0 Å². The number of hydrogen-bond acceptors (Lipinski definition) is 3. The third-order valence-corrected chi connectivity index (χ3v) is 7.16. The Morgan fingerprint density at radius 2 is 1.92 bits per heavy atom. The van der Waals surface area contributed by atoms with Gasteiger partial charge >= 0.3 is 0 Å². The molecule has 0 radical (unpaired) electrons. The molecular formula is C19H32N4O2S. The fourth-order valence-corrected chi connectivity index (χ4v) is 4.15. The van der Waals surface area contributed by atoms with Crippen LogP contribution in [0.2, 0.25) is 0 Å². The second-order valence-electron chi connectivity index (χ2n) is 6.93. The number of hydrogen-bond donors (Lipinski definition) is 2. The summed E-state index contributed by atoms with van der Waals surface area (Å²) in [6.07, 6.45) is 4.39. The minimum Gasteiger partial charge on any atom is -0.356 e. The van der Waals surface area contributed by atoms with Crippen LogP contribution in [-0.2, 0) is 15.4 Å². The van der Waals surface area contributed by atoms with Gasteiger partial charge in [-0.3, -0.25) is 4.99 Å². The van der Waals surface area contributed by atoms with E-state index >= 15 is 0 Å². The third kappa shape index (κ3) is 5.20. The van der Waals surface area contributed by atoms with E-state index in [0.717, 1.165) is 18.9 Å². The van der Waals surface area contributed by atoms with Crippen LogP contribution in [0.3, 0.4) is 0 Å². The lowest BCUT2D eigenvalue weighted by molar-refractivity contribution is 0.244. The number of benzene rings is 1. The van der Waals surface area contributed by atoms with E-state index in [-0.39, 0.29) is 11.2 Å². The quantitative estimate of drug-likeness (QED) is 0.390. The third-order valence-electron chi connectivity index (χ3n) is 5.30. The Kier molecular flexibility index (Phi) is 7.46. The van der Waals surface area contributed by atoms with Gasteiger partial charge in [-0.05, 0) is 31.7 Å². The predicted octanol–water partition coefficient (Wildman–Crippen LogP) is 1.94. The van der Waals surface area contributed by atoms with Crippen molar-refractivity contribution in [2.75, 3.05) is 39.5 Å². The molecular weight excluding hydrogens is 348 g/mol. The zero-order chi connectivity index (χ0) is 19.0. The highest BCUT2D eigenvalue weighted by Crippen LogP contribution is 2.43. The average molecular weight is 381 g/mol. The average Bonchev–Trinajstić information content (AvgIpc) is 2.63. The zero-order valence-electron chi connectivity index (χ0n) is 16.2. The second kappa shape index (κ2) is 9.37. The second-order valence-corrected chi connectivity index (χ2v) is 9.29. The van der Waals surface area contributed by atoms with Crippen molar-refractivity contribution in [3.8, 4) is 0 Å². The number of nitrogens with one attached hydrogen (secondary N) is 2. The van der Waals surface area contributed by atoms with Crippen molar-refractivity contribution in [2.45, 2.75) is 38.0 Å². The van der Waals surface area contributed by atoms with Gasteiger partial charge in [0.05, 0.1) is 5.75 Å². The summed E-state index contributed by atoms with van der Waals surface area (Å²) in [7, 11) is 0.293. The Bertz CT molecular complexity index is 685. The monoisotopic (exact) mass is 380 g/mol. The smallest absolute Gasteiger partial charge is 0.213 e. The normalized spacial score (nSPS) is 17.0. The van der Waals surface area contributed by atoms with Crippen LogP contribution in [0.5, 0.6) is 0 Å². The summed E-state index contributed by atoms with van der Waals surface area (Å²) in [5.74, 6) is 0.912. The van der Waals surface area contributed by atoms with Gasteiger partial charge in [-0.25, -0.2) is 12.7 Å². The van der Waals surface area contributed by atoms with E-state index in [1.807, 2.05) is 0 Å². The molecule has 0 aromatic heterocycles. The Balaban J connectivity index is 1.78. The van der Waals surface area contributed by atoms with Gasteiger partial charge in [-0.1, -0.05) is 36.8 Å². The van der Waals surface area contributed by atoms with Gasteiger partial charge in [0.15, 0.2) is 5.96 Å². The maximum Gasteiger partial charge on any atom is 0.213 e. The van der Waals surface area contributed by atoms with Gasteiger partial charge < -0.3 is 10.6 Å². The molecule has 0 spiro atoms. The summed E-state index contributed by atoms with van der Waals surface area (Å²) in [6.45, 7) is 3.72. The first-order valence-corrected chi connectivity index (χ1v) is 11.0. The lowest BCUT2D eigenvalue weighted by Crippen LogP contribution is -2.49. The van der Waals surface area contributed by atoms with E-state index in [4.69, 9.17) is 0 Å². The molecule has 1 aromatic rings. The number of guanidine groups is 1. The molecule has 2 N–H and O–H groups in total. The predicted molar refractivity (Wildman–Crippen MR) is 108 cm³/mol. The maximum atomic E-state index is 11.7. The van der Waals surface area contributed by atoms with E-state index in [2.05, 4.69) is 46.0 Å². The molecule has 2 rings (SSSR count). The van der Waals surface area contributed by atoms with Crippen LogP contribution in [0.25, 0.3) is 0 Å². The lowest BCUT2D eigenvalue weighted by atomic mass is 9.64. The minimum atomic E-state index is -3.10. The molecule has 1 aliphatic rings. The molecule has 1 aromatic carbocycles. The molecule has 0 heterocycles. The summed E-state index contributed by atoms with van der Waals surface area (Å²) in [5, 5.41) is 6.73. The fourth-order valence-electron chi connectivity index (χ4n) is 3.30. The van der Waals surface area contributed by atoms with Crippen LogP contribution >= 0.6 is 0 Å². The first-order chi connectivity index (χ1) is 12.4. The molecule has 6 nitrogen and oxygen atoms in total. The topological polar surface area (TPSA) is 73.8 Å². The summed E-state index contributed by atoms with van der Waals surface area (Å²) in [4.78, 5) is 4.29.